The monoisotopic (exact) mass is 438 g/mol. The van der Waals surface area contributed by atoms with Gasteiger partial charge in [0.05, 0.1) is 23.3 Å². The molecule has 0 N–H and O–H groups in total. The van der Waals surface area contributed by atoms with E-state index in [-0.39, 0.29) is 17.4 Å². The number of aromatic nitrogens is 2. The Balaban J connectivity index is 1.86. The van der Waals surface area contributed by atoms with Gasteiger partial charge in [0.1, 0.15) is 15.8 Å². The number of allylic oxidation sites excluding steroid dienone is 1. The molecule has 7 heteroatoms. The van der Waals surface area contributed by atoms with Gasteiger partial charge in [-0.25, -0.2) is 9.37 Å². The van der Waals surface area contributed by atoms with E-state index in [2.05, 4.69) is 11.6 Å². The maximum Gasteiger partial charge on any atom is 0.268 e. The summed E-state index contributed by atoms with van der Waals surface area (Å²) in [6.07, 6.45) is 7.27. The first-order chi connectivity index (χ1) is 14.9. The van der Waals surface area contributed by atoms with Crippen molar-refractivity contribution in [1.29, 1.82) is 0 Å². The lowest BCUT2D eigenvalue weighted by atomic mass is 9.95. The quantitative estimate of drug-likeness (QED) is 0.674. The predicted octanol–water partition coefficient (Wildman–Crippen LogP) is 5.01. The van der Waals surface area contributed by atoms with Crippen LogP contribution in [0.4, 0.5) is 4.39 Å². The molecule has 0 atom stereocenters. The molecule has 2 heterocycles. The summed E-state index contributed by atoms with van der Waals surface area (Å²) >= 11 is 1.38. The van der Waals surface area contributed by atoms with Crippen LogP contribution in [0.3, 0.4) is 0 Å². The standard InChI is InChI=1S/C24H27FN4OS/c1-15(16-10-12-17(25)13-11-16)21(28(3)4)19-20-22(31-23(19)26-2)24(30)29(14-27-20)18-8-6-5-7-9-18/h10-14,18H,1,5-9H2,2-4H3/b21-19+,26-23+. The third-order valence-electron chi connectivity index (χ3n) is 5.94. The first-order valence-corrected chi connectivity index (χ1v) is 11.4. The van der Waals surface area contributed by atoms with E-state index in [9.17, 15) is 9.18 Å². The van der Waals surface area contributed by atoms with Crippen molar-refractivity contribution in [2.75, 3.05) is 21.1 Å². The minimum absolute atomic E-state index is 0.00329. The van der Waals surface area contributed by atoms with Crippen molar-refractivity contribution in [2.24, 2.45) is 4.99 Å². The molecule has 0 spiro atoms. The third-order valence-corrected chi connectivity index (χ3v) is 7.09. The Labute approximate surface area is 186 Å². The molecule has 0 radical (unpaired) electrons. The summed E-state index contributed by atoms with van der Waals surface area (Å²) in [7, 11) is 5.58. The molecular weight excluding hydrogens is 411 g/mol. The first kappa shape index (κ1) is 21.6. The summed E-state index contributed by atoms with van der Waals surface area (Å²) in [4.78, 5) is 25.2. The molecule has 0 amide bonds. The zero-order chi connectivity index (χ0) is 22.1. The van der Waals surface area contributed by atoms with Gasteiger partial charge in [-0.15, -0.1) is 0 Å². The fraction of sp³-hybridized carbons (Fsp3) is 0.375. The van der Waals surface area contributed by atoms with Crippen molar-refractivity contribution in [2.45, 2.75) is 43.0 Å². The number of halogens is 1. The van der Waals surface area contributed by atoms with Crippen LogP contribution < -0.4 is 5.56 Å². The highest BCUT2D eigenvalue weighted by Gasteiger charge is 2.34. The van der Waals surface area contributed by atoms with E-state index in [4.69, 9.17) is 4.98 Å². The summed E-state index contributed by atoms with van der Waals surface area (Å²) in [6, 6.07) is 6.48. The van der Waals surface area contributed by atoms with Gasteiger partial charge in [0.15, 0.2) is 0 Å². The molecular formula is C24H27FN4OS. The number of fused-ring (bicyclic) bond motifs is 1. The molecule has 1 fully saturated rings. The molecule has 1 aromatic carbocycles. The van der Waals surface area contributed by atoms with Gasteiger partial charge in [-0.2, -0.15) is 0 Å². The Bertz CT molecular complexity index is 1130. The second-order valence-electron chi connectivity index (χ2n) is 8.16. The molecule has 5 nitrogen and oxygen atoms in total. The average molecular weight is 439 g/mol. The Kier molecular flexibility index (Phi) is 6.14. The number of hydrogen-bond donors (Lipinski definition) is 0. The summed E-state index contributed by atoms with van der Waals surface area (Å²) in [5.41, 5.74) is 3.81. The number of hydrogen-bond acceptors (Lipinski definition) is 5. The second kappa shape index (κ2) is 8.83. The zero-order valence-corrected chi connectivity index (χ0v) is 19.0. The molecule has 1 aliphatic heterocycles. The van der Waals surface area contributed by atoms with E-state index in [0.717, 1.165) is 53.1 Å². The average Bonchev–Trinajstić information content (AvgIpc) is 3.14. The van der Waals surface area contributed by atoms with Crippen LogP contribution >= 0.6 is 11.8 Å². The van der Waals surface area contributed by atoms with Gasteiger partial charge in [-0.1, -0.05) is 49.7 Å². The summed E-state index contributed by atoms with van der Waals surface area (Å²) in [5, 5.41) is 0.743. The van der Waals surface area contributed by atoms with Crippen LogP contribution in [-0.2, 0) is 0 Å². The normalized spacial score (nSPS) is 19.4. The van der Waals surface area contributed by atoms with E-state index in [1.807, 2.05) is 23.6 Å². The largest absolute Gasteiger partial charge is 0.377 e. The molecule has 0 unspecified atom stereocenters. The molecule has 4 rings (SSSR count). The maximum atomic E-state index is 13.4. The van der Waals surface area contributed by atoms with Crippen LogP contribution in [0, 0.1) is 5.82 Å². The Hall–Kier alpha value is -2.67. The topological polar surface area (TPSA) is 50.5 Å². The fourth-order valence-corrected chi connectivity index (χ4v) is 5.42. The fourth-order valence-electron chi connectivity index (χ4n) is 4.39. The molecule has 1 aromatic heterocycles. The molecule has 1 saturated carbocycles. The lowest BCUT2D eigenvalue weighted by Gasteiger charge is -2.24. The minimum atomic E-state index is -0.293. The molecule has 2 aliphatic rings. The van der Waals surface area contributed by atoms with Gasteiger partial charge in [0, 0.05) is 27.2 Å². The van der Waals surface area contributed by atoms with Crippen molar-refractivity contribution in [3.63, 3.8) is 0 Å². The lowest BCUT2D eigenvalue weighted by molar-refractivity contribution is 0.341. The van der Waals surface area contributed by atoms with Crippen LogP contribution in [0.25, 0.3) is 11.1 Å². The van der Waals surface area contributed by atoms with E-state index in [1.54, 1.807) is 25.5 Å². The van der Waals surface area contributed by atoms with Crippen LogP contribution in [0.2, 0.25) is 0 Å². The van der Waals surface area contributed by atoms with E-state index in [0.29, 0.717) is 10.6 Å². The molecule has 1 aliphatic carbocycles. The molecule has 0 saturated heterocycles. The highest BCUT2D eigenvalue weighted by Crippen LogP contribution is 2.43. The van der Waals surface area contributed by atoms with Gasteiger partial charge in [-0.3, -0.25) is 14.4 Å². The lowest BCUT2D eigenvalue weighted by Crippen LogP contribution is -2.28. The summed E-state index contributed by atoms with van der Waals surface area (Å²) in [5.74, 6) is -0.293. The number of likely N-dealkylation sites (N-methyl/N-ethyl adjacent to an activating group) is 1. The van der Waals surface area contributed by atoms with Crippen LogP contribution in [0.1, 0.15) is 49.4 Å². The SMILES string of the molecule is C=C(/C(=C1\C(=N/C)Sc2c1ncn(C1CCCCC1)c2=O)N(C)C)c1ccc(F)cc1. The van der Waals surface area contributed by atoms with Crippen molar-refractivity contribution >= 4 is 28.0 Å². The second-order valence-corrected chi connectivity index (χ2v) is 9.16. The molecule has 31 heavy (non-hydrogen) atoms. The summed E-state index contributed by atoms with van der Waals surface area (Å²) in [6.45, 7) is 4.28. The molecule has 162 valence electrons. The highest BCUT2D eigenvalue weighted by atomic mass is 32.2. The van der Waals surface area contributed by atoms with Crippen molar-refractivity contribution in [3.8, 4) is 0 Å². The van der Waals surface area contributed by atoms with Crippen molar-refractivity contribution in [3.05, 3.63) is 70.3 Å². The van der Waals surface area contributed by atoms with Gasteiger partial charge >= 0.3 is 0 Å². The van der Waals surface area contributed by atoms with Crippen LogP contribution in [0.15, 0.2) is 57.6 Å². The predicted molar refractivity (Wildman–Crippen MR) is 126 cm³/mol. The highest BCUT2D eigenvalue weighted by molar-refractivity contribution is 8.15. The maximum absolute atomic E-state index is 13.4. The molecule has 0 bridgehead atoms. The van der Waals surface area contributed by atoms with Gasteiger partial charge in [0.2, 0.25) is 0 Å². The molecule has 2 aromatic rings. The number of benzene rings is 1. The Morgan fingerprint density at radius 1 is 1.23 bits per heavy atom. The van der Waals surface area contributed by atoms with E-state index in [1.165, 1.54) is 30.3 Å². The number of nitrogens with zero attached hydrogens (tertiary/aromatic N) is 4. The summed E-state index contributed by atoms with van der Waals surface area (Å²) < 4.78 is 15.2. The van der Waals surface area contributed by atoms with Gasteiger partial charge in [0.25, 0.3) is 5.56 Å². The van der Waals surface area contributed by atoms with Crippen molar-refractivity contribution < 1.29 is 4.39 Å². The number of thioether (sulfide) groups is 1. The van der Waals surface area contributed by atoms with Crippen LogP contribution in [-0.4, -0.2) is 40.6 Å². The van der Waals surface area contributed by atoms with Gasteiger partial charge < -0.3 is 4.90 Å². The third kappa shape index (κ3) is 3.99. The first-order valence-electron chi connectivity index (χ1n) is 10.6. The minimum Gasteiger partial charge on any atom is -0.377 e. The van der Waals surface area contributed by atoms with Crippen molar-refractivity contribution in [1.82, 2.24) is 14.5 Å². The van der Waals surface area contributed by atoms with E-state index < -0.39 is 0 Å². The van der Waals surface area contributed by atoms with E-state index >= 15 is 0 Å². The zero-order valence-electron chi connectivity index (χ0n) is 18.2. The Morgan fingerprint density at radius 3 is 2.52 bits per heavy atom. The number of rotatable bonds is 4. The number of aliphatic imine (C=N–C) groups is 1. The Morgan fingerprint density at radius 2 is 1.90 bits per heavy atom. The smallest absolute Gasteiger partial charge is 0.268 e. The van der Waals surface area contributed by atoms with Gasteiger partial charge in [-0.05, 0) is 36.1 Å². The van der Waals surface area contributed by atoms with Crippen LogP contribution in [0.5, 0.6) is 0 Å².